The molecule has 0 spiro atoms. The van der Waals surface area contributed by atoms with E-state index in [2.05, 4.69) is 44.9 Å². The predicted molar refractivity (Wildman–Crippen MR) is 57.3 cm³/mol. The SMILES string of the molecule is C#CCNC(C)c1cscc1Br. The van der Waals surface area contributed by atoms with E-state index in [1.54, 1.807) is 11.3 Å². The van der Waals surface area contributed by atoms with Crippen molar-refractivity contribution < 1.29 is 0 Å². The van der Waals surface area contributed by atoms with Crippen molar-refractivity contribution in [2.75, 3.05) is 6.54 Å². The summed E-state index contributed by atoms with van der Waals surface area (Å²) in [6, 6.07) is 0.321. The van der Waals surface area contributed by atoms with E-state index in [4.69, 9.17) is 6.42 Å². The van der Waals surface area contributed by atoms with Gasteiger partial charge in [0, 0.05) is 15.9 Å². The van der Waals surface area contributed by atoms with Gasteiger partial charge in [-0.1, -0.05) is 5.92 Å². The minimum atomic E-state index is 0.321. The third-order valence-electron chi connectivity index (χ3n) is 1.62. The molecule has 0 saturated carbocycles. The van der Waals surface area contributed by atoms with Crippen LogP contribution in [0.3, 0.4) is 0 Å². The summed E-state index contributed by atoms with van der Waals surface area (Å²) in [5, 5.41) is 7.41. The van der Waals surface area contributed by atoms with E-state index >= 15 is 0 Å². The van der Waals surface area contributed by atoms with Gasteiger partial charge >= 0.3 is 0 Å². The number of hydrogen-bond donors (Lipinski definition) is 1. The maximum absolute atomic E-state index is 5.15. The van der Waals surface area contributed by atoms with Gasteiger partial charge in [0.15, 0.2) is 0 Å². The molecule has 1 heterocycles. The number of hydrogen-bond acceptors (Lipinski definition) is 2. The van der Waals surface area contributed by atoms with E-state index in [1.807, 2.05) is 0 Å². The van der Waals surface area contributed by atoms with Gasteiger partial charge in [0.05, 0.1) is 6.54 Å². The second-order valence-electron chi connectivity index (χ2n) is 2.48. The van der Waals surface area contributed by atoms with E-state index in [-0.39, 0.29) is 0 Å². The molecule has 0 aromatic carbocycles. The van der Waals surface area contributed by atoms with Crippen molar-refractivity contribution in [1.29, 1.82) is 0 Å². The zero-order chi connectivity index (χ0) is 8.97. The smallest absolute Gasteiger partial charge is 0.0578 e. The first-order valence-corrected chi connectivity index (χ1v) is 5.37. The number of nitrogens with one attached hydrogen (secondary N) is 1. The number of halogens is 1. The van der Waals surface area contributed by atoms with E-state index in [0.717, 1.165) is 4.47 Å². The quantitative estimate of drug-likeness (QED) is 0.806. The van der Waals surface area contributed by atoms with Crippen molar-refractivity contribution in [2.45, 2.75) is 13.0 Å². The summed E-state index contributed by atoms with van der Waals surface area (Å²) in [5.74, 6) is 2.56. The Hall–Kier alpha value is -0.300. The van der Waals surface area contributed by atoms with Crippen molar-refractivity contribution in [1.82, 2.24) is 5.32 Å². The predicted octanol–water partition coefficient (Wildman–Crippen LogP) is 2.79. The second-order valence-corrected chi connectivity index (χ2v) is 4.08. The van der Waals surface area contributed by atoms with Crippen LogP contribution in [0, 0.1) is 12.3 Å². The Bertz CT molecular complexity index is 287. The normalized spacial score (nSPS) is 12.4. The highest BCUT2D eigenvalue weighted by Crippen LogP contribution is 2.26. The zero-order valence-electron chi connectivity index (χ0n) is 6.80. The zero-order valence-corrected chi connectivity index (χ0v) is 9.21. The molecule has 1 N–H and O–H groups in total. The fourth-order valence-electron chi connectivity index (χ4n) is 0.922. The van der Waals surface area contributed by atoms with Crippen LogP contribution in [0.2, 0.25) is 0 Å². The number of terminal acetylenes is 1. The maximum atomic E-state index is 5.15. The first-order valence-electron chi connectivity index (χ1n) is 3.64. The molecule has 0 aliphatic heterocycles. The van der Waals surface area contributed by atoms with Gasteiger partial charge in [-0.25, -0.2) is 0 Å². The van der Waals surface area contributed by atoms with Crippen LogP contribution in [0.5, 0.6) is 0 Å². The lowest BCUT2D eigenvalue weighted by Gasteiger charge is -2.10. The van der Waals surface area contributed by atoms with Gasteiger partial charge in [-0.3, -0.25) is 5.32 Å². The maximum Gasteiger partial charge on any atom is 0.0578 e. The van der Waals surface area contributed by atoms with Gasteiger partial charge in [0.2, 0.25) is 0 Å². The molecule has 1 aromatic heterocycles. The molecule has 1 rings (SSSR count). The fraction of sp³-hybridized carbons (Fsp3) is 0.333. The molecule has 0 radical (unpaired) electrons. The van der Waals surface area contributed by atoms with E-state index in [1.165, 1.54) is 5.56 Å². The molecule has 0 aliphatic carbocycles. The van der Waals surface area contributed by atoms with Crippen molar-refractivity contribution >= 4 is 27.3 Å². The monoisotopic (exact) mass is 243 g/mol. The molecule has 0 fully saturated rings. The van der Waals surface area contributed by atoms with Gasteiger partial charge in [0.1, 0.15) is 0 Å². The number of thiophene rings is 1. The molecule has 3 heteroatoms. The molecule has 1 unspecified atom stereocenters. The van der Waals surface area contributed by atoms with Crippen molar-refractivity contribution in [2.24, 2.45) is 0 Å². The molecule has 0 amide bonds. The Morgan fingerprint density at radius 1 is 1.75 bits per heavy atom. The third-order valence-corrected chi connectivity index (χ3v) is 3.37. The summed E-state index contributed by atoms with van der Waals surface area (Å²) in [4.78, 5) is 0. The summed E-state index contributed by atoms with van der Waals surface area (Å²) in [6.07, 6.45) is 5.15. The Morgan fingerprint density at radius 2 is 2.50 bits per heavy atom. The van der Waals surface area contributed by atoms with Gasteiger partial charge in [0.25, 0.3) is 0 Å². The molecule has 0 aliphatic rings. The van der Waals surface area contributed by atoms with Gasteiger partial charge in [-0.05, 0) is 33.8 Å². The second kappa shape index (κ2) is 4.66. The molecule has 1 aromatic rings. The van der Waals surface area contributed by atoms with E-state index < -0.39 is 0 Å². The molecular weight excluding hydrogens is 234 g/mol. The summed E-state index contributed by atoms with van der Waals surface area (Å²) in [7, 11) is 0. The van der Waals surface area contributed by atoms with E-state index in [9.17, 15) is 0 Å². The Labute approximate surface area is 85.3 Å². The number of rotatable bonds is 3. The van der Waals surface area contributed by atoms with Crippen LogP contribution >= 0.6 is 27.3 Å². The van der Waals surface area contributed by atoms with Crippen LogP contribution in [-0.2, 0) is 0 Å². The van der Waals surface area contributed by atoms with Crippen molar-refractivity contribution in [3.63, 3.8) is 0 Å². The molecule has 64 valence electrons. The van der Waals surface area contributed by atoms with Crippen LogP contribution in [0.1, 0.15) is 18.5 Å². The topological polar surface area (TPSA) is 12.0 Å². The standard InChI is InChI=1S/C9H10BrNS/c1-3-4-11-7(2)8-5-12-6-9(8)10/h1,5-7,11H,4H2,2H3. The molecule has 12 heavy (non-hydrogen) atoms. The highest BCUT2D eigenvalue weighted by atomic mass is 79.9. The van der Waals surface area contributed by atoms with Crippen molar-refractivity contribution in [3.05, 3.63) is 20.8 Å². The van der Waals surface area contributed by atoms with Gasteiger partial charge in [-0.15, -0.1) is 6.42 Å². The minimum Gasteiger partial charge on any atom is -0.300 e. The van der Waals surface area contributed by atoms with Gasteiger partial charge < -0.3 is 0 Å². The lowest BCUT2D eigenvalue weighted by atomic mass is 10.2. The molecule has 1 atom stereocenters. The van der Waals surface area contributed by atoms with E-state index in [0.29, 0.717) is 12.6 Å². The van der Waals surface area contributed by atoms with Crippen LogP contribution in [0.25, 0.3) is 0 Å². The average molecular weight is 244 g/mol. The average Bonchev–Trinajstić information content (AvgIpc) is 2.47. The Balaban J connectivity index is 2.60. The lowest BCUT2D eigenvalue weighted by molar-refractivity contribution is 0.623. The van der Waals surface area contributed by atoms with Crippen LogP contribution in [0.15, 0.2) is 15.2 Å². The molecule has 1 nitrogen and oxygen atoms in total. The Morgan fingerprint density at radius 3 is 3.00 bits per heavy atom. The lowest BCUT2D eigenvalue weighted by Crippen LogP contribution is -2.18. The van der Waals surface area contributed by atoms with Gasteiger partial charge in [-0.2, -0.15) is 11.3 Å². The first kappa shape index (κ1) is 9.79. The Kier molecular flexibility index (Phi) is 3.80. The highest BCUT2D eigenvalue weighted by molar-refractivity contribution is 9.10. The summed E-state index contributed by atoms with van der Waals surface area (Å²) in [6.45, 7) is 2.72. The molecule has 0 saturated heterocycles. The third kappa shape index (κ3) is 2.34. The largest absolute Gasteiger partial charge is 0.300 e. The summed E-state index contributed by atoms with van der Waals surface area (Å²) < 4.78 is 1.16. The molecular formula is C9H10BrNS. The van der Waals surface area contributed by atoms with Crippen molar-refractivity contribution in [3.8, 4) is 12.3 Å². The van der Waals surface area contributed by atoms with Crippen LogP contribution < -0.4 is 5.32 Å². The van der Waals surface area contributed by atoms with Crippen LogP contribution in [-0.4, -0.2) is 6.54 Å². The first-order chi connectivity index (χ1) is 5.75. The van der Waals surface area contributed by atoms with Crippen LogP contribution in [0.4, 0.5) is 0 Å². The fourth-order valence-corrected chi connectivity index (χ4v) is 2.66. The minimum absolute atomic E-state index is 0.321. The molecule has 0 bridgehead atoms. The summed E-state index contributed by atoms with van der Waals surface area (Å²) in [5.41, 5.74) is 1.27. The highest BCUT2D eigenvalue weighted by Gasteiger charge is 2.07. The summed E-state index contributed by atoms with van der Waals surface area (Å²) >= 11 is 5.17.